The average molecular weight is 503 g/mol. The van der Waals surface area contributed by atoms with Crippen LogP contribution in [0.3, 0.4) is 0 Å². The molecule has 8 heteroatoms. The summed E-state index contributed by atoms with van der Waals surface area (Å²) in [5, 5.41) is 10.1. The van der Waals surface area contributed by atoms with Gasteiger partial charge in [-0.25, -0.2) is 4.39 Å². The molecule has 0 amide bonds. The van der Waals surface area contributed by atoms with Gasteiger partial charge in [0.05, 0.1) is 38.1 Å². The first-order valence-corrected chi connectivity index (χ1v) is 12.5. The maximum Gasteiger partial charge on any atom is 0.329 e. The number of ether oxygens (including phenoxy) is 2. The van der Waals surface area contributed by atoms with E-state index in [1.807, 2.05) is 36.4 Å². The van der Waals surface area contributed by atoms with E-state index in [4.69, 9.17) is 19.5 Å². The smallest absolute Gasteiger partial charge is 0.329 e. The highest BCUT2D eigenvalue weighted by atomic mass is 19.1. The molecule has 2 aromatic rings. The predicted molar refractivity (Wildman–Crippen MR) is 140 cm³/mol. The van der Waals surface area contributed by atoms with Gasteiger partial charge < -0.3 is 9.47 Å². The Morgan fingerprint density at radius 1 is 1.19 bits per heavy atom. The summed E-state index contributed by atoms with van der Waals surface area (Å²) in [5.41, 5.74) is 2.15. The molecule has 37 heavy (non-hydrogen) atoms. The molecule has 0 N–H and O–H groups in total. The van der Waals surface area contributed by atoms with E-state index in [0.29, 0.717) is 51.5 Å². The zero-order valence-electron chi connectivity index (χ0n) is 21.0. The number of allylic oxidation sites excluding steroid dienone is 1. The molecule has 0 aromatic heterocycles. The largest absolute Gasteiger partial charge is 0.465 e. The monoisotopic (exact) mass is 502 g/mol. The number of aliphatic imine (C=N–C) groups is 2. The third-order valence-corrected chi connectivity index (χ3v) is 6.42. The van der Waals surface area contributed by atoms with Gasteiger partial charge in [0.1, 0.15) is 11.4 Å². The summed E-state index contributed by atoms with van der Waals surface area (Å²) in [6.45, 7) is 5.24. The number of halogens is 1. The fraction of sp³-hybridized carbons (Fsp3) is 0.379. The van der Waals surface area contributed by atoms with Crippen LogP contribution in [0.25, 0.3) is 0 Å². The van der Waals surface area contributed by atoms with Crippen molar-refractivity contribution >= 4 is 17.9 Å². The Labute approximate surface area is 216 Å². The number of benzene rings is 2. The van der Waals surface area contributed by atoms with Crippen molar-refractivity contribution < 1.29 is 18.7 Å². The van der Waals surface area contributed by atoms with Gasteiger partial charge in [0, 0.05) is 25.8 Å². The number of carbonyl (C=O) groups is 1. The molecule has 2 aromatic carbocycles. The molecule has 4 rings (SSSR count). The van der Waals surface area contributed by atoms with E-state index in [9.17, 15) is 14.4 Å². The zero-order chi connectivity index (χ0) is 26.1. The van der Waals surface area contributed by atoms with Gasteiger partial charge in [0.2, 0.25) is 0 Å². The van der Waals surface area contributed by atoms with Crippen LogP contribution in [0.4, 0.5) is 4.39 Å². The number of hydrogen-bond donors (Lipinski definition) is 0. The highest BCUT2D eigenvalue weighted by Crippen LogP contribution is 2.31. The van der Waals surface area contributed by atoms with Crippen LogP contribution >= 0.6 is 0 Å². The second kappa shape index (κ2) is 12.5. The van der Waals surface area contributed by atoms with Gasteiger partial charge in [-0.15, -0.1) is 0 Å². The Morgan fingerprint density at radius 2 is 1.92 bits per heavy atom. The Bertz CT molecular complexity index is 1200. The fourth-order valence-corrected chi connectivity index (χ4v) is 4.61. The van der Waals surface area contributed by atoms with E-state index in [-0.39, 0.29) is 12.4 Å². The lowest BCUT2D eigenvalue weighted by atomic mass is 9.84. The summed E-state index contributed by atoms with van der Waals surface area (Å²) in [5.74, 6) is -2.13. The van der Waals surface area contributed by atoms with Crippen molar-refractivity contribution in [2.45, 2.75) is 25.4 Å². The van der Waals surface area contributed by atoms with Crippen LogP contribution in [0.15, 0.2) is 76.2 Å². The van der Waals surface area contributed by atoms with Gasteiger partial charge >= 0.3 is 5.97 Å². The second-order valence-corrected chi connectivity index (χ2v) is 9.09. The van der Waals surface area contributed by atoms with Crippen LogP contribution in [0.5, 0.6) is 0 Å². The molecular weight excluding hydrogens is 471 g/mol. The van der Waals surface area contributed by atoms with Crippen molar-refractivity contribution in [2.75, 3.05) is 39.5 Å². The molecule has 0 bridgehead atoms. The minimum Gasteiger partial charge on any atom is -0.465 e. The Morgan fingerprint density at radius 3 is 2.59 bits per heavy atom. The quantitative estimate of drug-likeness (QED) is 0.364. The summed E-state index contributed by atoms with van der Waals surface area (Å²) in [7, 11) is 0. The first kappa shape index (κ1) is 26.4. The van der Waals surface area contributed by atoms with E-state index >= 15 is 0 Å². The molecule has 0 saturated carbocycles. The van der Waals surface area contributed by atoms with Crippen molar-refractivity contribution in [3.63, 3.8) is 0 Å². The number of morpholine rings is 1. The lowest BCUT2D eigenvalue weighted by molar-refractivity contribution is -0.144. The van der Waals surface area contributed by atoms with Crippen LogP contribution in [0.2, 0.25) is 0 Å². The number of nitrogens with zero attached hydrogens (tertiary/aromatic N) is 4. The molecule has 0 spiro atoms. The molecule has 0 radical (unpaired) electrons. The number of hydrogen-bond acceptors (Lipinski definition) is 7. The van der Waals surface area contributed by atoms with E-state index in [0.717, 1.165) is 16.7 Å². The van der Waals surface area contributed by atoms with E-state index in [1.54, 1.807) is 25.3 Å². The summed E-state index contributed by atoms with van der Waals surface area (Å²) >= 11 is 0. The van der Waals surface area contributed by atoms with Crippen LogP contribution < -0.4 is 0 Å². The van der Waals surface area contributed by atoms with Gasteiger partial charge in [-0.05, 0) is 48.3 Å². The molecule has 2 unspecified atom stereocenters. The molecule has 2 heterocycles. The average Bonchev–Trinajstić information content (AvgIpc) is 3.32. The Kier molecular flexibility index (Phi) is 8.94. The van der Waals surface area contributed by atoms with Gasteiger partial charge in [-0.1, -0.05) is 42.5 Å². The van der Waals surface area contributed by atoms with Gasteiger partial charge in [-0.2, -0.15) is 5.26 Å². The molecule has 7 nitrogen and oxygen atoms in total. The molecule has 0 aliphatic carbocycles. The Hall–Kier alpha value is -3.67. The first-order valence-electron chi connectivity index (χ1n) is 12.5. The minimum absolute atomic E-state index is 0.161. The van der Waals surface area contributed by atoms with E-state index < -0.39 is 17.4 Å². The Balaban J connectivity index is 1.75. The summed E-state index contributed by atoms with van der Waals surface area (Å²) in [6, 6.07) is 18.2. The van der Waals surface area contributed by atoms with Crippen molar-refractivity contribution in [3.8, 4) is 6.07 Å². The molecule has 1 saturated heterocycles. The van der Waals surface area contributed by atoms with Crippen molar-refractivity contribution in [1.82, 2.24) is 4.90 Å². The molecule has 2 atom stereocenters. The van der Waals surface area contributed by atoms with Crippen LogP contribution in [-0.2, 0) is 27.2 Å². The topological polar surface area (TPSA) is 87.3 Å². The molecule has 192 valence electrons. The van der Waals surface area contributed by atoms with E-state index in [2.05, 4.69) is 11.0 Å². The lowest BCUT2D eigenvalue weighted by Gasteiger charge is -2.36. The van der Waals surface area contributed by atoms with Crippen molar-refractivity contribution in [1.29, 1.82) is 5.26 Å². The molecule has 1 fully saturated rings. The third-order valence-electron chi connectivity index (χ3n) is 6.42. The third kappa shape index (κ3) is 6.76. The van der Waals surface area contributed by atoms with Crippen LogP contribution in [-0.4, -0.2) is 67.8 Å². The first-order chi connectivity index (χ1) is 18.0. The number of carbonyl (C=O) groups excluding carboxylic acids is 1. The number of rotatable bonds is 10. The summed E-state index contributed by atoms with van der Waals surface area (Å²) in [4.78, 5) is 25.0. The fourth-order valence-electron chi connectivity index (χ4n) is 4.61. The van der Waals surface area contributed by atoms with Gasteiger partial charge in [0.25, 0.3) is 0 Å². The highest BCUT2D eigenvalue weighted by molar-refractivity contribution is 6.13. The highest BCUT2D eigenvalue weighted by Gasteiger charge is 2.44. The van der Waals surface area contributed by atoms with E-state index in [1.165, 1.54) is 12.1 Å². The van der Waals surface area contributed by atoms with Crippen molar-refractivity contribution in [2.24, 2.45) is 15.9 Å². The lowest BCUT2D eigenvalue weighted by Crippen LogP contribution is -2.52. The zero-order valence-corrected chi connectivity index (χ0v) is 21.0. The van der Waals surface area contributed by atoms with Gasteiger partial charge in [-0.3, -0.25) is 19.7 Å². The molecule has 2 aliphatic heterocycles. The summed E-state index contributed by atoms with van der Waals surface area (Å²) in [6.07, 6.45) is 4.32. The normalized spacial score (nSPS) is 20.8. The number of nitriles is 1. The maximum absolute atomic E-state index is 13.4. The number of esters is 1. The van der Waals surface area contributed by atoms with Crippen LogP contribution in [0.1, 0.15) is 18.1 Å². The van der Waals surface area contributed by atoms with Crippen molar-refractivity contribution in [3.05, 3.63) is 83.2 Å². The SMILES string of the molecule is CCOC(=O)C(C#N)C(=NCc1ccccc1)C1(CN2CCOCC2)C=C(Cc2ccc(F)cc2)C=N1. The predicted octanol–water partition coefficient (Wildman–Crippen LogP) is 3.79. The molecule has 2 aliphatic rings. The summed E-state index contributed by atoms with van der Waals surface area (Å²) < 4.78 is 24.2. The van der Waals surface area contributed by atoms with Gasteiger partial charge in [0.15, 0.2) is 5.92 Å². The second-order valence-electron chi connectivity index (χ2n) is 9.09. The van der Waals surface area contributed by atoms with Crippen LogP contribution in [0, 0.1) is 23.1 Å². The minimum atomic E-state index is -1.21. The molecular formula is C29H31FN4O3. The maximum atomic E-state index is 13.4. The standard InChI is InChI=1S/C29H31FN4O3/c1-2-37-28(35)26(18-31)27(32-19-23-6-4-3-5-7-23)29(21-34-12-14-36-15-13-34)17-24(20-33-29)16-22-8-10-25(30)11-9-22/h3-11,17,20,26H,2,12-16,19,21H2,1H3.